The van der Waals surface area contributed by atoms with Gasteiger partial charge in [0.05, 0.1) is 5.02 Å². The highest BCUT2D eigenvalue weighted by atomic mass is 35.5. The molecule has 0 amide bonds. The molecule has 0 bridgehead atoms. The number of phenols is 1. The standard InChI is InChI=1S/C19H29ClO/c1-2-3-4-5-6-7-15-8-10-16(11-9-15)17-12-13-19(21)18(20)14-17/h12-16,21H,2-11H2,1H3. The van der Waals surface area contributed by atoms with Gasteiger partial charge in [0.25, 0.3) is 0 Å². The summed E-state index contributed by atoms with van der Waals surface area (Å²) in [7, 11) is 0. The van der Waals surface area contributed by atoms with E-state index in [0.29, 0.717) is 10.9 Å². The van der Waals surface area contributed by atoms with E-state index in [4.69, 9.17) is 11.6 Å². The molecule has 0 heterocycles. The minimum Gasteiger partial charge on any atom is -0.506 e. The molecule has 1 aliphatic rings. The van der Waals surface area contributed by atoms with Crippen molar-refractivity contribution in [2.24, 2.45) is 5.92 Å². The number of halogens is 1. The largest absolute Gasteiger partial charge is 0.506 e. The average Bonchev–Trinajstić information content (AvgIpc) is 2.50. The van der Waals surface area contributed by atoms with Gasteiger partial charge in [-0.05, 0) is 55.2 Å². The third-order valence-corrected chi connectivity index (χ3v) is 5.31. The van der Waals surface area contributed by atoms with E-state index >= 15 is 0 Å². The molecule has 2 heteroatoms. The van der Waals surface area contributed by atoms with Crippen LogP contribution in [0, 0.1) is 5.92 Å². The van der Waals surface area contributed by atoms with E-state index < -0.39 is 0 Å². The lowest BCUT2D eigenvalue weighted by atomic mass is 9.77. The Labute approximate surface area is 134 Å². The van der Waals surface area contributed by atoms with Gasteiger partial charge < -0.3 is 5.11 Å². The first kappa shape index (κ1) is 16.7. The summed E-state index contributed by atoms with van der Waals surface area (Å²) in [5, 5.41) is 10.0. The van der Waals surface area contributed by atoms with Crippen molar-refractivity contribution in [3.8, 4) is 5.75 Å². The van der Waals surface area contributed by atoms with Crippen LogP contribution >= 0.6 is 11.6 Å². The molecule has 1 saturated carbocycles. The van der Waals surface area contributed by atoms with Crippen molar-refractivity contribution < 1.29 is 5.11 Å². The van der Waals surface area contributed by atoms with E-state index in [9.17, 15) is 5.11 Å². The average molecular weight is 309 g/mol. The van der Waals surface area contributed by atoms with E-state index in [1.165, 1.54) is 69.8 Å². The summed E-state index contributed by atoms with van der Waals surface area (Å²) < 4.78 is 0. The van der Waals surface area contributed by atoms with Crippen LogP contribution in [0.25, 0.3) is 0 Å². The highest BCUT2D eigenvalue weighted by molar-refractivity contribution is 6.32. The summed E-state index contributed by atoms with van der Waals surface area (Å²) in [6.45, 7) is 2.27. The molecular weight excluding hydrogens is 280 g/mol. The zero-order valence-corrected chi connectivity index (χ0v) is 14.0. The lowest BCUT2D eigenvalue weighted by molar-refractivity contribution is 0.302. The molecule has 0 spiro atoms. The maximum absolute atomic E-state index is 9.51. The number of benzene rings is 1. The normalized spacial score (nSPS) is 22.4. The molecule has 0 aliphatic heterocycles. The summed E-state index contributed by atoms with van der Waals surface area (Å²) in [5.74, 6) is 1.77. The maximum atomic E-state index is 9.51. The predicted molar refractivity (Wildman–Crippen MR) is 91.2 cm³/mol. The number of hydrogen-bond donors (Lipinski definition) is 1. The predicted octanol–water partition coefficient (Wildman–Crippen LogP) is 6.68. The monoisotopic (exact) mass is 308 g/mol. The fourth-order valence-electron chi connectivity index (χ4n) is 3.60. The van der Waals surface area contributed by atoms with Gasteiger partial charge in [-0.25, -0.2) is 0 Å². The molecule has 0 unspecified atom stereocenters. The Morgan fingerprint density at radius 1 is 1.05 bits per heavy atom. The Morgan fingerprint density at radius 3 is 2.43 bits per heavy atom. The van der Waals surface area contributed by atoms with Crippen molar-refractivity contribution in [3.63, 3.8) is 0 Å². The second kappa shape index (κ2) is 8.68. The highest BCUT2D eigenvalue weighted by Gasteiger charge is 2.22. The molecule has 0 atom stereocenters. The van der Waals surface area contributed by atoms with Crippen molar-refractivity contribution in [2.75, 3.05) is 0 Å². The first-order valence-electron chi connectivity index (χ1n) is 8.69. The third kappa shape index (κ3) is 5.21. The Morgan fingerprint density at radius 2 is 1.76 bits per heavy atom. The minimum atomic E-state index is 0.196. The van der Waals surface area contributed by atoms with Crippen molar-refractivity contribution in [3.05, 3.63) is 28.8 Å². The molecular formula is C19H29ClO. The number of rotatable bonds is 7. The molecule has 0 saturated heterocycles. The number of unbranched alkanes of at least 4 members (excludes halogenated alkanes) is 4. The lowest BCUT2D eigenvalue weighted by Gasteiger charge is -2.29. The van der Waals surface area contributed by atoms with E-state index in [-0.39, 0.29) is 5.75 Å². The van der Waals surface area contributed by atoms with Gasteiger partial charge in [0.1, 0.15) is 5.75 Å². The van der Waals surface area contributed by atoms with Crippen LogP contribution in [0.2, 0.25) is 5.02 Å². The summed E-state index contributed by atoms with van der Waals surface area (Å²) in [4.78, 5) is 0. The highest BCUT2D eigenvalue weighted by Crippen LogP contribution is 2.39. The van der Waals surface area contributed by atoms with Gasteiger partial charge in [0.2, 0.25) is 0 Å². The first-order valence-corrected chi connectivity index (χ1v) is 9.07. The van der Waals surface area contributed by atoms with Gasteiger partial charge in [-0.15, -0.1) is 0 Å². The molecule has 1 nitrogen and oxygen atoms in total. The fraction of sp³-hybridized carbons (Fsp3) is 0.684. The molecule has 21 heavy (non-hydrogen) atoms. The van der Waals surface area contributed by atoms with Crippen molar-refractivity contribution >= 4 is 11.6 Å². The quantitative estimate of drug-likeness (QED) is 0.557. The second-order valence-electron chi connectivity index (χ2n) is 6.63. The molecule has 0 aromatic heterocycles. The molecule has 1 aromatic rings. The van der Waals surface area contributed by atoms with Crippen LogP contribution < -0.4 is 0 Å². The summed E-state index contributed by atoms with van der Waals surface area (Å²) in [6.07, 6.45) is 13.7. The van der Waals surface area contributed by atoms with E-state index in [0.717, 1.165) is 5.92 Å². The van der Waals surface area contributed by atoms with Gasteiger partial charge in [0.15, 0.2) is 0 Å². The van der Waals surface area contributed by atoms with Crippen LogP contribution in [0.3, 0.4) is 0 Å². The van der Waals surface area contributed by atoms with Crippen LogP contribution in [-0.4, -0.2) is 5.11 Å². The molecule has 1 N–H and O–H groups in total. The third-order valence-electron chi connectivity index (χ3n) is 5.01. The molecule has 1 aliphatic carbocycles. The maximum Gasteiger partial charge on any atom is 0.134 e. The summed E-state index contributed by atoms with van der Waals surface area (Å²) in [5.41, 5.74) is 1.30. The summed E-state index contributed by atoms with van der Waals surface area (Å²) >= 11 is 6.02. The van der Waals surface area contributed by atoms with Crippen LogP contribution in [0.1, 0.15) is 82.6 Å². The van der Waals surface area contributed by atoms with E-state index in [1.54, 1.807) is 6.07 Å². The van der Waals surface area contributed by atoms with Crippen molar-refractivity contribution in [1.82, 2.24) is 0 Å². The van der Waals surface area contributed by atoms with Gasteiger partial charge in [0, 0.05) is 0 Å². The number of hydrogen-bond acceptors (Lipinski definition) is 1. The smallest absolute Gasteiger partial charge is 0.134 e. The minimum absolute atomic E-state index is 0.196. The SMILES string of the molecule is CCCCCCCC1CCC(c2ccc(O)c(Cl)c2)CC1. The number of aromatic hydroxyl groups is 1. The van der Waals surface area contributed by atoms with Crippen LogP contribution in [0.15, 0.2) is 18.2 Å². The Bertz CT molecular complexity index is 422. The molecule has 2 rings (SSSR count). The molecule has 1 aromatic carbocycles. The Hall–Kier alpha value is -0.690. The summed E-state index contributed by atoms with van der Waals surface area (Å²) in [6, 6.07) is 5.72. The fourth-order valence-corrected chi connectivity index (χ4v) is 3.79. The molecule has 0 radical (unpaired) electrons. The second-order valence-corrected chi connectivity index (χ2v) is 7.04. The van der Waals surface area contributed by atoms with Gasteiger partial charge in [-0.3, -0.25) is 0 Å². The van der Waals surface area contributed by atoms with Crippen molar-refractivity contribution in [1.29, 1.82) is 0 Å². The Balaban J connectivity index is 1.71. The van der Waals surface area contributed by atoms with Gasteiger partial charge >= 0.3 is 0 Å². The van der Waals surface area contributed by atoms with Gasteiger partial charge in [-0.2, -0.15) is 0 Å². The van der Waals surface area contributed by atoms with Crippen LogP contribution in [0.5, 0.6) is 5.75 Å². The molecule has 118 valence electrons. The zero-order chi connectivity index (χ0) is 15.1. The van der Waals surface area contributed by atoms with Crippen LogP contribution in [0.4, 0.5) is 0 Å². The topological polar surface area (TPSA) is 20.2 Å². The zero-order valence-electron chi connectivity index (χ0n) is 13.3. The van der Waals surface area contributed by atoms with E-state index in [1.807, 2.05) is 12.1 Å². The van der Waals surface area contributed by atoms with Crippen LogP contribution in [-0.2, 0) is 0 Å². The molecule has 1 fully saturated rings. The van der Waals surface area contributed by atoms with E-state index in [2.05, 4.69) is 6.92 Å². The van der Waals surface area contributed by atoms with Gasteiger partial charge in [-0.1, -0.05) is 63.1 Å². The Kier molecular flexibility index (Phi) is 6.89. The lowest BCUT2D eigenvalue weighted by Crippen LogP contribution is -2.13. The number of phenolic OH excluding ortho intramolecular Hbond substituents is 1. The first-order chi connectivity index (χ1) is 10.2. The van der Waals surface area contributed by atoms with Crippen molar-refractivity contribution in [2.45, 2.75) is 77.0 Å².